The summed E-state index contributed by atoms with van der Waals surface area (Å²) in [6, 6.07) is 8.58. The lowest BCUT2D eigenvalue weighted by atomic mass is 9.79. The molecule has 0 amide bonds. The van der Waals surface area contributed by atoms with Crippen molar-refractivity contribution in [2.45, 2.75) is 25.2 Å². The van der Waals surface area contributed by atoms with Crippen molar-refractivity contribution in [2.75, 3.05) is 0 Å². The molecule has 0 spiro atoms. The molecule has 0 saturated heterocycles. The summed E-state index contributed by atoms with van der Waals surface area (Å²) in [5, 5.41) is 0. The number of aryl methyl sites for hydroxylation is 1. The van der Waals surface area contributed by atoms with E-state index in [-0.39, 0.29) is 17.5 Å². The largest absolute Gasteiger partial charge is 0.299 e. The van der Waals surface area contributed by atoms with Gasteiger partial charge in [0.25, 0.3) is 0 Å². The van der Waals surface area contributed by atoms with Gasteiger partial charge in [-0.3, -0.25) is 9.78 Å². The summed E-state index contributed by atoms with van der Waals surface area (Å²) in [6.45, 7) is 0. The molecule has 1 atom stereocenters. The lowest BCUT2D eigenvalue weighted by Gasteiger charge is -2.24. The number of hydrogen-bond acceptors (Lipinski definition) is 2. The van der Waals surface area contributed by atoms with Gasteiger partial charge in [0.05, 0.1) is 0 Å². The molecule has 1 aromatic heterocycles. The number of fused-ring (bicyclic) bond motifs is 1. The molecule has 2 aromatic rings. The molecule has 96 valence electrons. The maximum atomic E-state index is 13.3. The summed E-state index contributed by atoms with van der Waals surface area (Å²) >= 11 is 0. The number of hydrogen-bond donors (Lipinski definition) is 0. The van der Waals surface area contributed by atoms with Gasteiger partial charge in [-0.1, -0.05) is 12.1 Å². The summed E-state index contributed by atoms with van der Waals surface area (Å²) in [4.78, 5) is 16.2. The number of halogens is 1. The molecule has 19 heavy (non-hydrogen) atoms. The third-order valence-electron chi connectivity index (χ3n) is 3.67. The minimum absolute atomic E-state index is 0.159. The van der Waals surface area contributed by atoms with Crippen LogP contribution in [0.4, 0.5) is 4.39 Å². The van der Waals surface area contributed by atoms with Crippen molar-refractivity contribution in [2.24, 2.45) is 0 Å². The monoisotopic (exact) mass is 255 g/mol. The Morgan fingerprint density at radius 1 is 1.26 bits per heavy atom. The highest BCUT2D eigenvalue weighted by atomic mass is 19.1. The number of Topliss-reactive ketones (excluding diaryl/α,β-unsaturated/α-hetero) is 1. The number of ketones is 1. The van der Waals surface area contributed by atoms with Crippen LogP contribution in [0.15, 0.2) is 42.7 Å². The van der Waals surface area contributed by atoms with E-state index in [1.165, 1.54) is 6.07 Å². The molecule has 1 heterocycles. The van der Waals surface area contributed by atoms with E-state index < -0.39 is 0 Å². The van der Waals surface area contributed by atoms with Gasteiger partial charge in [-0.15, -0.1) is 0 Å². The molecule has 1 aromatic carbocycles. The van der Waals surface area contributed by atoms with Gasteiger partial charge in [0.1, 0.15) is 11.6 Å². The molecular formula is C16H14FNO. The third kappa shape index (κ3) is 2.41. The van der Waals surface area contributed by atoms with Crippen LogP contribution in [0.1, 0.15) is 29.0 Å². The molecule has 2 nitrogen and oxygen atoms in total. The number of aromatic nitrogens is 1. The lowest BCUT2D eigenvalue weighted by molar-refractivity contribution is -0.120. The van der Waals surface area contributed by atoms with Gasteiger partial charge >= 0.3 is 0 Å². The number of nitrogens with zero attached hydrogens (tertiary/aromatic N) is 1. The van der Waals surface area contributed by atoms with Crippen LogP contribution in [0.2, 0.25) is 0 Å². The molecule has 0 bridgehead atoms. The Kier molecular flexibility index (Phi) is 3.11. The second-order valence-electron chi connectivity index (χ2n) is 4.93. The van der Waals surface area contributed by atoms with Gasteiger partial charge in [-0.05, 0) is 47.7 Å². The molecule has 0 N–H and O–H groups in total. The van der Waals surface area contributed by atoms with Crippen LogP contribution in [0.25, 0.3) is 0 Å². The molecule has 1 aliphatic carbocycles. The topological polar surface area (TPSA) is 30.0 Å². The van der Waals surface area contributed by atoms with Crippen LogP contribution in [0, 0.1) is 5.82 Å². The highest BCUT2D eigenvalue weighted by Gasteiger charge is 2.27. The Hall–Kier alpha value is -2.03. The number of rotatable bonds is 2. The van der Waals surface area contributed by atoms with E-state index >= 15 is 0 Å². The van der Waals surface area contributed by atoms with Crippen LogP contribution in [-0.4, -0.2) is 10.8 Å². The van der Waals surface area contributed by atoms with Gasteiger partial charge in [-0.2, -0.15) is 0 Å². The van der Waals surface area contributed by atoms with Crippen molar-refractivity contribution in [3.8, 4) is 0 Å². The fraction of sp³-hybridized carbons (Fsp3) is 0.250. The average molecular weight is 255 g/mol. The quantitative estimate of drug-likeness (QED) is 0.825. The number of carbonyl (C=O) groups is 1. The van der Waals surface area contributed by atoms with Gasteiger partial charge in [0, 0.05) is 24.7 Å². The van der Waals surface area contributed by atoms with Crippen molar-refractivity contribution < 1.29 is 9.18 Å². The van der Waals surface area contributed by atoms with E-state index in [0.29, 0.717) is 19.3 Å². The number of benzene rings is 1. The zero-order valence-corrected chi connectivity index (χ0v) is 10.5. The first-order chi connectivity index (χ1) is 9.24. The van der Waals surface area contributed by atoms with Crippen LogP contribution < -0.4 is 0 Å². The Balaban J connectivity index is 1.95. The van der Waals surface area contributed by atoms with Crippen molar-refractivity contribution in [3.63, 3.8) is 0 Å². The van der Waals surface area contributed by atoms with Crippen LogP contribution in [0.3, 0.4) is 0 Å². The minimum atomic E-state index is -0.228. The smallest absolute Gasteiger partial charge is 0.141 e. The van der Waals surface area contributed by atoms with Crippen molar-refractivity contribution >= 4 is 5.78 Å². The van der Waals surface area contributed by atoms with Crippen molar-refractivity contribution in [1.82, 2.24) is 4.98 Å². The summed E-state index contributed by atoms with van der Waals surface area (Å²) in [5.41, 5.74) is 2.98. The van der Waals surface area contributed by atoms with E-state index in [9.17, 15) is 9.18 Å². The van der Waals surface area contributed by atoms with E-state index in [1.807, 2.05) is 12.1 Å². The SMILES string of the molecule is O=C1CCc2cc(F)ccc2C1Cc1cccnc1. The molecule has 0 aliphatic heterocycles. The van der Waals surface area contributed by atoms with E-state index in [1.54, 1.807) is 24.5 Å². The zero-order chi connectivity index (χ0) is 13.2. The molecule has 3 heteroatoms. The number of carbonyl (C=O) groups excluding carboxylic acids is 1. The highest BCUT2D eigenvalue weighted by molar-refractivity contribution is 5.88. The molecule has 0 radical (unpaired) electrons. The number of pyridine rings is 1. The molecule has 0 saturated carbocycles. The summed E-state index contributed by atoms with van der Waals surface area (Å²) in [6.07, 6.45) is 5.29. The molecule has 1 aliphatic rings. The third-order valence-corrected chi connectivity index (χ3v) is 3.67. The molecule has 0 fully saturated rings. The van der Waals surface area contributed by atoms with Gasteiger partial charge < -0.3 is 0 Å². The minimum Gasteiger partial charge on any atom is -0.299 e. The van der Waals surface area contributed by atoms with E-state index in [4.69, 9.17) is 0 Å². The second kappa shape index (κ2) is 4.92. The first kappa shape index (κ1) is 12.0. The standard InChI is InChI=1S/C16H14FNO/c17-13-4-5-14-12(9-13)3-6-16(19)15(14)8-11-2-1-7-18-10-11/h1-2,4-5,7,9-10,15H,3,6,8H2. The summed E-state index contributed by atoms with van der Waals surface area (Å²) in [5.74, 6) is -0.148. The summed E-state index contributed by atoms with van der Waals surface area (Å²) < 4.78 is 13.3. The maximum Gasteiger partial charge on any atom is 0.141 e. The molecule has 3 rings (SSSR count). The van der Waals surface area contributed by atoms with Crippen LogP contribution in [-0.2, 0) is 17.6 Å². The Morgan fingerprint density at radius 2 is 2.16 bits per heavy atom. The predicted molar refractivity (Wildman–Crippen MR) is 70.4 cm³/mol. The average Bonchev–Trinajstić information content (AvgIpc) is 2.43. The van der Waals surface area contributed by atoms with Crippen LogP contribution >= 0.6 is 0 Å². The second-order valence-corrected chi connectivity index (χ2v) is 4.93. The maximum absolute atomic E-state index is 13.3. The fourth-order valence-corrected chi connectivity index (χ4v) is 2.71. The van der Waals surface area contributed by atoms with Gasteiger partial charge in [-0.25, -0.2) is 4.39 Å². The Bertz CT molecular complexity index is 609. The van der Waals surface area contributed by atoms with Crippen LogP contribution in [0.5, 0.6) is 0 Å². The molecular weight excluding hydrogens is 241 g/mol. The summed E-state index contributed by atoms with van der Waals surface area (Å²) in [7, 11) is 0. The zero-order valence-electron chi connectivity index (χ0n) is 10.5. The first-order valence-corrected chi connectivity index (χ1v) is 6.44. The first-order valence-electron chi connectivity index (χ1n) is 6.44. The highest BCUT2D eigenvalue weighted by Crippen LogP contribution is 2.32. The fourth-order valence-electron chi connectivity index (χ4n) is 2.71. The predicted octanol–water partition coefficient (Wildman–Crippen LogP) is 3.06. The van der Waals surface area contributed by atoms with E-state index in [2.05, 4.69) is 4.98 Å². The lowest BCUT2D eigenvalue weighted by Crippen LogP contribution is -2.22. The molecule has 1 unspecified atom stereocenters. The van der Waals surface area contributed by atoms with Crippen molar-refractivity contribution in [1.29, 1.82) is 0 Å². The normalized spacial score (nSPS) is 18.2. The Morgan fingerprint density at radius 3 is 2.95 bits per heavy atom. The van der Waals surface area contributed by atoms with E-state index in [0.717, 1.165) is 16.7 Å². The van der Waals surface area contributed by atoms with Crippen molar-refractivity contribution in [3.05, 3.63) is 65.2 Å². The van der Waals surface area contributed by atoms with Gasteiger partial charge in [0.15, 0.2) is 0 Å². The van der Waals surface area contributed by atoms with Gasteiger partial charge in [0.2, 0.25) is 0 Å². The Labute approximate surface area is 111 Å².